The van der Waals surface area contributed by atoms with E-state index < -0.39 is 0 Å². The van der Waals surface area contributed by atoms with Gasteiger partial charge in [0.2, 0.25) is 0 Å². The van der Waals surface area contributed by atoms with Gasteiger partial charge in [0, 0.05) is 36.3 Å². The Morgan fingerprint density at radius 1 is 0.628 bits per heavy atom. The first-order valence-electron chi connectivity index (χ1n) is 14.4. The first-order chi connectivity index (χ1) is 20.3. The Labute approximate surface area is 252 Å². The molecule has 0 bridgehead atoms. The van der Waals surface area contributed by atoms with Crippen LogP contribution in [0, 0.1) is 19.3 Å². The van der Waals surface area contributed by atoms with Crippen molar-refractivity contribution in [3.63, 3.8) is 0 Å². The molecule has 0 saturated heterocycles. The molecule has 0 heterocycles. The van der Waals surface area contributed by atoms with E-state index in [-0.39, 0.29) is 58.7 Å². The first kappa shape index (κ1) is 29.6. The van der Waals surface area contributed by atoms with Crippen LogP contribution in [0.15, 0.2) is 84.5 Å². The fourth-order valence-corrected chi connectivity index (χ4v) is 6.49. The minimum atomic E-state index is -0.346. The third-order valence-electron chi connectivity index (χ3n) is 8.55. The van der Waals surface area contributed by atoms with Crippen molar-refractivity contribution >= 4 is 0 Å². The molecule has 6 heteroatoms. The van der Waals surface area contributed by atoms with Gasteiger partial charge in [-0.3, -0.25) is 0 Å². The second-order valence-electron chi connectivity index (χ2n) is 12.2. The lowest BCUT2D eigenvalue weighted by atomic mass is 9.65. The molecular weight excluding hydrogens is 540 g/mol. The third kappa shape index (κ3) is 6.05. The normalized spacial score (nSPS) is 16.4. The molecule has 0 fully saturated rings. The van der Waals surface area contributed by atoms with Crippen LogP contribution in [0.25, 0.3) is 0 Å². The number of phenols is 6. The van der Waals surface area contributed by atoms with Crippen LogP contribution in [0.4, 0.5) is 0 Å². The van der Waals surface area contributed by atoms with E-state index in [0.717, 1.165) is 17.5 Å². The van der Waals surface area contributed by atoms with Crippen LogP contribution in [0.1, 0.15) is 70.7 Å². The summed E-state index contributed by atoms with van der Waals surface area (Å²) in [6.07, 6.45) is 7.75. The first-order valence-corrected chi connectivity index (χ1v) is 14.4. The van der Waals surface area contributed by atoms with Crippen LogP contribution in [0.2, 0.25) is 0 Å². The van der Waals surface area contributed by atoms with E-state index in [2.05, 4.69) is 32.1 Å². The topological polar surface area (TPSA) is 121 Å². The highest BCUT2D eigenvalue weighted by molar-refractivity contribution is 5.55. The van der Waals surface area contributed by atoms with Gasteiger partial charge in [0.05, 0.1) is 0 Å². The molecule has 1 unspecified atom stereocenters. The zero-order chi connectivity index (χ0) is 31.1. The Bertz CT molecular complexity index is 1660. The van der Waals surface area contributed by atoms with Gasteiger partial charge in [-0.2, -0.15) is 0 Å². The lowest BCUT2D eigenvalue weighted by molar-refractivity contribution is 0.363. The predicted octanol–water partition coefficient (Wildman–Crippen LogP) is 7.76. The molecule has 0 amide bonds. The predicted molar refractivity (Wildman–Crippen MR) is 168 cm³/mol. The molecule has 1 aliphatic carbocycles. The molecule has 1 aliphatic rings. The quantitative estimate of drug-likeness (QED) is 0.133. The van der Waals surface area contributed by atoms with Crippen molar-refractivity contribution in [1.29, 1.82) is 0 Å². The maximum Gasteiger partial charge on any atom is 0.122 e. The molecule has 0 aliphatic heterocycles. The van der Waals surface area contributed by atoms with E-state index in [1.807, 2.05) is 38.1 Å². The minimum absolute atomic E-state index is 0.0324. The Balaban J connectivity index is 1.67. The molecule has 43 heavy (non-hydrogen) atoms. The summed E-state index contributed by atoms with van der Waals surface area (Å²) in [4.78, 5) is 0. The van der Waals surface area contributed by atoms with Gasteiger partial charge in [0.25, 0.3) is 0 Å². The SMILES string of the molecule is CC1=CC=CC(C)(C(c2cc(C)c(O)c(Cc3ccc(O)cc3O)c2)c2cc(C)c(O)c(Cc3ccc(O)cc3O)c2)C1. The summed E-state index contributed by atoms with van der Waals surface area (Å²) in [6, 6.07) is 16.9. The van der Waals surface area contributed by atoms with Crippen molar-refractivity contribution in [2.45, 2.75) is 52.9 Å². The average Bonchev–Trinajstić information content (AvgIpc) is 2.92. The van der Waals surface area contributed by atoms with Gasteiger partial charge in [-0.05, 0) is 83.8 Å². The number of allylic oxidation sites excluding steroid dienone is 4. The van der Waals surface area contributed by atoms with E-state index in [0.29, 0.717) is 33.4 Å². The number of phenolic OH excluding ortho intramolecular Hbond substituents is 6. The highest BCUT2D eigenvalue weighted by Gasteiger charge is 2.37. The maximum atomic E-state index is 11.1. The summed E-state index contributed by atoms with van der Waals surface area (Å²) in [7, 11) is 0. The van der Waals surface area contributed by atoms with Crippen LogP contribution >= 0.6 is 0 Å². The van der Waals surface area contributed by atoms with Crippen LogP contribution in [0.3, 0.4) is 0 Å². The second kappa shape index (κ2) is 11.4. The van der Waals surface area contributed by atoms with Gasteiger partial charge in [-0.25, -0.2) is 0 Å². The largest absolute Gasteiger partial charge is 0.508 e. The van der Waals surface area contributed by atoms with Gasteiger partial charge in [0.1, 0.15) is 34.5 Å². The molecular formula is C37H38O6. The average molecular weight is 579 g/mol. The van der Waals surface area contributed by atoms with Crippen molar-refractivity contribution in [3.05, 3.63) is 129 Å². The highest BCUT2D eigenvalue weighted by Crippen LogP contribution is 2.50. The molecule has 0 radical (unpaired) electrons. The molecule has 4 aromatic carbocycles. The highest BCUT2D eigenvalue weighted by atomic mass is 16.3. The number of hydrogen-bond acceptors (Lipinski definition) is 6. The zero-order valence-corrected chi connectivity index (χ0v) is 24.9. The molecule has 0 aromatic heterocycles. The standard InChI is InChI=1S/C37H38O6/c1-21-6-5-11-37(4,20-21)34(26-12-22(2)35(42)28(16-26)14-24-7-9-30(38)18-32(24)40)27-13-23(3)36(43)29(17-27)15-25-8-10-31(39)19-33(25)41/h5-13,16-19,34,38-43H,14-15,20H2,1-4H3. The fraction of sp³-hybridized carbons (Fsp3) is 0.243. The van der Waals surface area contributed by atoms with Gasteiger partial charge in [-0.1, -0.05) is 67.1 Å². The van der Waals surface area contributed by atoms with Crippen molar-refractivity contribution in [1.82, 2.24) is 0 Å². The Morgan fingerprint density at radius 2 is 1.09 bits per heavy atom. The van der Waals surface area contributed by atoms with Crippen molar-refractivity contribution in [2.24, 2.45) is 5.41 Å². The van der Waals surface area contributed by atoms with Crippen molar-refractivity contribution < 1.29 is 30.6 Å². The van der Waals surface area contributed by atoms with E-state index in [1.165, 1.54) is 29.8 Å². The minimum Gasteiger partial charge on any atom is -0.508 e. The molecule has 6 N–H and O–H groups in total. The van der Waals surface area contributed by atoms with Crippen LogP contribution in [0.5, 0.6) is 34.5 Å². The number of benzene rings is 4. The van der Waals surface area contributed by atoms with Crippen LogP contribution < -0.4 is 0 Å². The molecule has 5 rings (SSSR count). The van der Waals surface area contributed by atoms with Gasteiger partial charge in [0.15, 0.2) is 0 Å². The third-order valence-corrected chi connectivity index (χ3v) is 8.55. The van der Waals surface area contributed by atoms with E-state index in [1.54, 1.807) is 12.1 Å². The summed E-state index contributed by atoms with van der Waals surface area (Å²) in [5.41, 5.74) is 6.74. The number of rotatable bonds is 7. The van der Waals surface area contributed by atoms with Crippen molar-refractivity contribution in [3.8, 4) is 34.5 Å². The molecule has 1 atom stereocenters. The maximum absolute atomic E-state index is 11.1. The molecule has 0 spiro atoms. The van der Waals surface area contributed by atoms with Crippen LogP contribution in [-0.2, 0) is 12.8 Å². The van der Waals surface area contributed by atoms with E-state index in [9.17, 15) is 30.6 Å². The molecule has 4 aromatic rings. The lowest BCUT2D eigenvalue weighted by Crippen LogP contribution is -2.27. The Kier molecular flexibility index (Phi) is 7.89. The van der Waals surface area contributed by atoms with Gasteiger partial charge >= 0.3 is 0 Å². The number of aromatic hydroxyl groups is 6. The summed E-state index contributed by atoms with van der Waals surface area (Å²) < 4.78 is 0. The molecule has 222 valence electrons. The van der Waals surface area contributed by atoms with Gasteiger partial charge in [-0.15, -0.1) is 0 Å². The number of aryl methyl sites for hydroxylation is 2. The monoisotopic (exact) mass is 578 g/mol. The lowest BCUT2D eigenvalue weighted by Gasteiger charge is -2.39. The zero-order valence-electron chi connectivity index (χ0n) is 24.9. The Hall–Kier alpha value is -4.84. The Morgan fingerprint density at radius 3 is 1.51 bits per heavy atom. The van der Waals surface area contributed by atoms with Crippen molar-refractivity contribution in [2.75, 3.05) is 0 Å². The summed E-state index contributed by atoms with van der Waals surface area (Å²) in [5, 5.41) is 62.7. The summed E-state index contributed by atoms with van der Waals surface area (Å²) >= 11 is 0. The van der Waals surface area contributed by atoms with E-state index in [4.69, 9.17) is 0 Å². The second-order valence-corrected chi connectivity index (χ2v) is 12.2. The summed E-state index contributed by atoms with van der Waals surface area (Å²) in [6.45, 7) is 8.05. The van der Waals surface area contributed by atoms with Gasteiger partial charge < -0.3 is 30.6 Å². The number of hydrogen-bond donors (Lipinski definition) is 6. The summed E-state index contributed by atoms with van der Waals surface area (Å²) in [5.74, 6) is -0.0200. The fourth-order valence-electron chi connectivity index (χ4n) is 6.49. The molecule has 0 saturated carbocycles. The smallest absolute Gasteiger partial charge is 0.122 e. The van der Waals surface area contributed by atoms with E-state index >= 15 is 0 Å². The molecule has 6 nitrogen and oxygen atoms in total. The van der Waals surface area contributed by atoms with Crippen LogP contribution in [-0.4, -0.2) is 30.6 Å².